The lowest BCUT2D eigenvalue weighted by Gasteiger charge is -2.26. The van der Waals surface area contributed by atoms with Crippen LogP contribution in [0.4, 0.5) is 8.78 Å². The van der Waals surface area contributed by atoms with Crippen molar-refractivity contribution in [1.29, 1.82) is 0 Å². The third kappa shape index (κ3) is 6.42. The van der Waals surface area contributed by atoms with Gasteiger partial charge in [-0.15, -0.1) is 12.4 Å². The number of nitrogens with one attached hydrogen (secondary N) is 1. The van der Waals surface area contributed by atoms with Crippen molar-refractivity contribution >= 4 is 18.4 Å². The predicted molar refractivity (Wildman–Crippen MR) is 139 cm³/mol. The van der Waals surface area contributed by atoms with E-state index in [4.69, 9.17) is 9.47 Å². The summed E-state index contributed by atoms with van der Waals surface area (Å²) in [7, 11) is 1.40. The van der Waals surface area contributed by atoms with Crippen molar-refractivity contribution in [3.05, 3.63) is 89.5 Å². The lowest BCUT2D eigenvalue weighted by Crippen LogP contribution is -2.34. The van der Waals surface area contributed by atoms with Gasteiger partial charge in [0.05, 0.1) is 19.1 Å². The standard InChI is InChI=1S/C29H31F2NO3.ClH/c1-18(2)35-27-15-8-21(19-4-9-23(30)10-5-19)16-22(27)17-32-26-14-13-25(29(33)34-3)28(26)20-6-11-24(31)12-7-20;/h4-12,15-16,18,25-26,28,32H,13-14,17H2,1-3H3;1H. The van der Waals surface area contributed by atoms with Gasteiger partial charge in [-0.2, -0.15) is 0 Å². The Balaban J connectivity index is 0.00000361. The van der Waals surface area contributed by atoms with Gasteiger partial charge in [-0.3, -0.25) is 4.79 Å². The molecule has 4 nitrogen and oxygen atoms in total. The highest BCUT2D eigenvalue weighted by Crippen LogP contribution is 2.41. The summed E-state index contributed by atoms with van der Waals surface area (Å²) in [6.45, 7) is 4.48. The van der Waals surface area contributed by atoms with Crippen LogP contribution >= 0.6 is 12.4 Å². The second-order valence-electron chi connectivity index (χ2n) is 9.27. The lowest BCUT2D eigenvalue weighted by atomic mass is 9.86. The molecule has 1 saturated carbocycles. The van der Waals surface area contributed by atoms with Crippen LogP contribution in [0.25, 0.3) is 11.1 Å². The highest BCUT2D eigenvalue weighted by atomic mass is 35.5. The van der Waals surface area contributed by atoms with Crippen LogP contribution in [0.2, 0.25) is 0 Å². The van der Waals surface area contributed by atoms with Gasteiger partial charge in [0.25, 0.3) is 0 Å². The van der Waals surface area contributed by atoms with E-state index >= 15 is 0 Å². The maximum absolute atomic E-state index is 13.6. The number of esters is 1. The Kier molecular flexibility index (Phi) is 9.46. The topological polar surface area (TPSA) is 47.6 Å². The smallest absolute Gasteiger partial charge is 0.309 e. The first-order chi connectivity index (χ1) is 16.9. The zero-order chi connectivity index (χ0) is 24.9. The third-order valence-corrected chi connectivity index (χ3v) is 6.57. The molecule has 0 spiro atoms. The molecule has 7 heteroatoms. The molecule has 3 atom stereocenters. The van der Waals surface area contributed by atoms with Gasteiger partial charge < -0.3 is 14.8 Å². The largest absolute Gasteiger partial charge is 0.491 e. The van der Waals surface area contributed by atoms with Crippen LogP contribution in [-0.4, -0.2) is 25.2 Å². The number of hydrogen-bond donors (Lipinski definition) is 1. The fourth-order valence-corrected chi connectivity index (χ4v) is 4.94. The average molecular weight is 516 g/mol. The molecule has 1 aliphatic rings. The molecule has 1 N–H and O–H groups in total. The minimum absolute atomic E-state index is 0. The molecule has 3 aromatic rings. The minimum atomic E-state index is -0.307. The zero-order valence-corrected chi connectivity index (χ0v) is 21.5. The highest BCUT2D eigenvalue weighted by Gasteiger charge is 2.41. The highest BCUT2D eigenvalue weighted by molar-refractivity contribution is 5.85. The summed E-state index contributed by atoms with van der Waals surface area (Å²) in [6, 6.07) is 18.7. The van der Waals surface area contributed by atoms with Crippen molar-refractivity contribution < 1.29 is 23.0 Å². The number of halogens is 3. The summed E-state index contributed by atoms with van der Waals surface area (Å²) in [6.07, 6.45) is 1.49. The molecule has 192 valence electrons. The Morgan fingerprint density at radius 1 is 0.944 bits per heavy atom. The average Bonchev–Trinajstić information content (AvgIpc) is 3.27. The van der Waals surface area contributed by atoms with Gasteiger partial charge in [0.2, 0.25) is 0 Å². The molecule has 3 unspecified atom stereocenters. The van der Waals surface area contributed by atoms with Crippen LogP contribution in [0.3, 0.4) is 0 Å². The number of methoxy groups -OCH3 is 1. The van der Waals surface area contributed by atoms with Gasteiger partial charge in [-0.05, 0) is 79.8 Å². The van der Waals surface area contributed by atoms with Crippen LogP contribution in [0, 0.1) is 17.6 Å². The van der Waals surface area contributed by atoms with E-state index in [0.717, 1.165) is 34.4 Å². The number of carbonyl (C=O) groups is 1. The summed E-state index contributed by atoms with van der Waals surface area (Å²) in [5, 5.41) is 3.63. The number of ether oxygens (including phenoxy) is 2. The first-order valence-corrected chi connectivity index (χ1v) is 12.0. The Bertz CT molecular complexity index is 1150. The summed E-state index contributed by atoms with van der Waals surface area (Å²) in [5.41, 5.74) is 3.77. The van der Waals surface area contributed by atoms with E-state index in [1.807, 2.05) is 26.0 Å². The second kappa shape index (κ2) is 12.3. The normalized spacial score (nSPS) is 19.1. The fraction of sp³-hybridized carbons (Fsp3) is 0.345. The first-order valence-electron chi connectivity index (χ1n) is 12.0. The molecular formula is C29H32ClF2NO3. The maximum Gasteiger partial charge on any atom is 0.309 e. The van der Waals surface area contributed by atoms with Crippen LogP contribution in [0.15, 0.2) is 66.7 Å². The van der Waals surface area contributed by atoms with Crippen molar-refractivity contribution in [2.24, 2.45) is 5.92 Å². The first kappa shape index (κ1) is 27.6. The van der Waals surface area contributed by atoms with Gasteiger partial charge in [0.1, 0.15) is 17.4 Å². The van der Waals surface area contributed by atoms with Crippen LogP contribution in [-0.2, 0) is 16.1 Å². The van der Waals surface area contributed by atoms with Crippen LogP contribution in [0.1, 0.15) is 43.7 Å². The van der Waals surface area contributed by atoms with E-state index in [1.54, 1.807) is 24.3 Å². The summed E-state index contributed by atoms with van der Waals surface area (Å²) >= 11 is 0. The molecule has 1 fully saturated rings. The van der Waals surface area contributed by atoms with Gasteiger partial charge >= 0.3 is 5.97 Å². The van der Waals surface area contributed by atoms with E-state index in [-0.39, 0.29) is 54.0 Å². The van der Waals surface area contributed by atoms with Crippen LogP contribution in [0.5, 0.6) is 5.75 Å². The molecule has 0 amide bonds. The Morgan fingerprint density at radius 2 is 1.56 bits per heavy atom. The van der Waals surface area contributed by atoms with Crippen molar-refractivity contribution in [3.63, 3.8) is 0 Å². The van der Waals surface area contributed by atoms with E-state index in [9.17, 15) is 13.6 Å². The number of carbonyl (C=O) groups excluding carboxylic acids is 1. The number of benzene rings is 3. The van der Waals surface area contributed by atoms with Gasteiger partial charge in [-0.1, -0.05) is 30.3 Å². The number of rotatable bonds is 8. The van der Waals surface area contributed by atoms with Crippen molar-refractivity contribution in [2.45, 2.75) is 51.3 Å². The van der Waals surface area contributed by atoms with E-state index in [2.05, 4.69) is 11.4 Å². The van der Waals surface area contributed by atoms with Crippen molar-refractivity contribution in [3.8, 4) is 16.9 Å². The molecule has 0 aliphatic heterocycles. The lowest BCUT2D eigenvalue weighted by molar-refractivity contribution is -0.145. The predicted octanol–water partition coefficient (Wildman–Crippen LogP) is 6.67. The summed E-state index contributed by atoms with van der Waals surface area (Å²) in [5.74, 6) is -0.467. The quantitative estimate of drug-likeness (QED) is 0.340. The maximum atomic E-state index is 13.6. The minimum Gasteiger partial charge on any atom is -0.491 e. The molecule has 0 bridgehead atoms. The Hall–Kier alpha value is -2.96. The summed E-state index contributed by atoms with van der Waals surface area (Å²) < 4.78 is 38.1. The fourth-order valence-electron chi connectivity index (χ4n) is 4.94. The van der Waals surface area contributed by atoms with Gasteiger partial charge in [-0.25, -0.2) is 8.78 Å². The number of hydrogen-bond acceptors (Lipinski definition) is 4. The van der Waals surface area contributed by atoms with Crippen molar-refractivity contribution in [1.82, 2.24) is 5.32 Å². The summed E-state index contributed by atoms with van der Waals surface area (Å²) in [4.78, 5) is 12.5. The molecule has 0 heterocycles. The molecule has 3 aromatic carbocycles. The molecule has 0 radical (unpaired) electrons. The second-order valence-corrected chi connectivity index (χ2v) is 9.27. The van der Waals surface area contributed by atoms with E-state index in [1.165, 1.54) is 31.4 Å². The SMILES string of the molecule is COC(=O)C1CCC(NCc2cc(-c3ccc(F)cc3)ccc2OC(C)C)C1c1ccc(F)cc1.Cl. The molecule has 0 saturated heterocycles. The molecule has 4 rings (SSSR count). The molecule has 0 aromatic heterocycles. The molecule has 36 heavy (non-hydrogen) atoms. The monoisotopic (exact) mass is 515 g/mol. The van der Waals surface area contributed by atoms with Crippen molar-refractivity contribution in [2.75, 3.05) is 7.11 Å². The Morgan fingerprint density at radius 3 is 2.17 bits per heavy atom. The Labute approximate surface area is 217 Å². The molecular weight excluding hydrogens is 484 g/mol. The van der Waals surface area contributed by atoms with Gasteiger partial charge in [0, 0.05) is 24.1 Å². The molecule has 1 aliphatic carbocycles. The zero-order valence-electron chi connectivity index (χ0n) is 20.7. The van der Waals surface area contributed by atoms with Gasteiger partial charge in [0.15, 0.2) is 0 Å². The van der Waals surface area contributed by atoms with Crippen LogP contribution < -0.4 is 10.1 Å². The van der Waals surface area contributed by atoms with E-state index in [0.29, 0.717) is 13.0 Å². The third-order valence-electron chi connectivity index (χ3n) is 6.57. The van der Waals surface area contributed by atoms with E-state index < -0.39 is 0 Å².